The van der Waals surface area contributed by atoms with Crippen molar-refractivity contribution in [1.29, 1.82) is 0 Å². The Balaban J connectivity index is 2.87. The summed E-state index contributed by atoms with van der Waals surface area (Å²) in [4.78, 5) is 11.0. The Bertz CT molecular complexity index is 328. The van der Waals surface area contributed by atoms with E-state index in [4.69, 9.17) is 0 Å². The van der Waals surface area contributed by atoms with Crippen LogP contribution in [0.1, 0.15) is 32.8 Å². The molecule has 1 N–H and O–H groups in total. The Labute approximate surface area is 90.9 Å². The summed E-state index contributed by atoms with van der Waals surface area (Å²) < 4.78 is 0. The monoisotopic (exact) mass is 206 g/mol. The second-order valence-corrected chi connectivity index (χ2v) is 4.51. The lowest BCUT2D eigenvalue weighted by atomic mass is 9.78. The molecule has 82 valence electrons. The molecule has 0 radical (unpaired) electrons. The maximum absolute atomic E-state index is 11.0. The summed E-state index contributed by atoms with van der Waals surface area (Å²) in [5.74, 6) is 0.0199. The highest BCUT2D eigenvalue weighted by atomic mass is 16.3. The molecule has 0 spiro atoms. The van der Waals surface area contributed by atoms with E-state index in [1.165, 1.54) is 6.92 Å². The number of hydrogen-bond donors (Lipinski definition) is 1. The van der Waals surface area contributed by atoms with Crippen molar-refractivity contribution in [2.24, 2.45) is 0 Å². The van der Waals surface area contributed by atoms with Crippen LogP contribution in [0.5, 0.6) is 0 Å². The van der Waals surface area contributed by atoms with Gasteiger partial charge in [-0.2, -0.15) is 0 Å². The number of aliphatic hydroxyl groups excluding tert-OH is 1. The van der Waals surface area contributed by atoms with Crippen molar-refractivity contribution in [3.8, 4) is 0 Å². The Hall–Kier alpha value is -1.15. The fraction of sp³-hybridized carbons (Fsp3) is 0.462. The molecule has 2 nitrogen and oxygen atoms in total. The van der Waals surface area contributed by atoms with Gasteiger partial charge in [-0.05, 0) is 12.5 Å². The normalized spacial score (nSPS) is 13.6. The summed E-state index contributed by atoms with van der Waals surface area (Å²) in [6.45, 7) is 5.41. The van der Waals surface area contributed by atoms with Crippen LogP contribution >= 0.6 is 0 Å². The summed E-state index contributed by atoms with van der Waals surface area (Å²) in [6, 6.07) is 9.78. The molecular formula is C13H18O2. The molecule has 0 unspecified atom stereocenters. The number of hydrogen-bond acceptors (Lipinski definition) is 2. The van der Waals surface area contributed by atoms with Crippen LogP contribution in [0.2, 0.25) is 0 Å². The molecule has 0 amide bonds. The quantitative estimate of drug-likeness (QED) is 0.820. The molecule has 0 saturated heterocycles. The van der Waals surface area contributed by atoms with Gasteiger partial charge in [0.15, 0.2) is 0 Å². The molecule has 0 aliphatic carbocycles. The molecule has 0 fully saturated rings. The third-order valence-corrected chi connectivity index (χ3v) is 2.83. The maximum atomic E-state index is 11.0. The third kappa shape index (κ3) is 2.90. The van der Waals surface area contributed by atoms with Crippen molar-refractivity contribution in [2.45, 2.75) is 38.7 Å². The van der Waals surface area contributed by atoms with Gasteiger partial charge in [0.05, 0.1) is 6.10 Å². The summed E-state index contributed by atoms with van der Waals surface area (Å²) in [5.41, 5.74) is 0.672. The fourth-order valence-corrected chi connectivity index (χ4v) is 1.59. The van der Waals surface area contributed by atoms with Gasteiger partial charge >= 0.3 is 0 Å². The van der Waals surface area contributed by atoms with E-state index in [1.54, 1.807) is 0 Å². The van der Waals surface area contributed by atoms with Gasteiger partial charge in [0.1, 0.15) is 5.78 Å². The molecular weight excluding hydrogens is 188 g/mol. The van der Waals surface area contributed by atoms with Gasteiger partial charge in [0.2, 0.25) is 0 Å². The third-order valence-electron chi connectivity index (χ3n) is 2.83. The van der Waals surface area contributed by atoms with Gasteiger partial charge in [-0.1, -0.05) is 44.2 Å². The SMILES string of the molecule is CC(=O)C[C@@H](O)C(C)(C)c1ccccc1. The van der Waals surface area contributed by atoms with Crippen molar-refractivity contribution in [1.82, 2.24) is 0 Å². The van der Waals surface area contributed by atoms with Crippen LogP contribution in [0.4, 0.5) is 0 Å². The minimum Gasteiger partial charge on any atom is -0.392 e. The highest BCUT2D eigenvalue weighted by Gasteiger charge is 2.30. The largest absolute Gasteiger partial charge is 0.392 e. The van der Waals surface area contributed by atoms with E-state index in [9.17, 15) is 9.90 Å². The molecule has 0 bridgehead atoms. The molecule has 0 aliphatic heterocycles. The molecule has 0 aliphatic rings. The van der Waals surface area contributed by atoms with Gasteiger partial charge in [-0.25, -0.2) is 0 Å². The number of benzene rings is 1. The first-order chi connectivity index (χ1) is 6.94. The van der Waals surface area contributed by atoms with E-state index in [1.807, 2.05) is 44.2 Å². The molecule has 0 heterocycles. The number of carbonyl (C=O) groups excluding carboxylic acids is 1. The lowest BCUT2D eigenvalue weighted by Gasteiger charge is -2.30. The maximum Gasteiger partial charge on any atom is 0.132 e. The average molecular weight is 206 g/mol. The van der Waals surface area contributed by atoms with E-state index >= 15 is 0 Å². The molecule has 1 rings (SSSR count). The first-order valence-corrected chi connectivity index (χ1v) is 5.17. The number of ketones is 1. The lowest BCUT2D eigenvalue weighted by Crippen LogP contribution is -2.34. The van der Waals surface area contributed by atoms with E-state index in [2.05, 4.69) is 0 Å². The first kappa shape index (κ1) is 11.9. The van der Waals surface area contributed by atoms with Crippen molar-refractivity contribution in [3.05, 3.63) is 35.9 Å². The zero-order valence-corrected chi connectivity index (χ0v) is 9.53. The van der Waals surface area contributed by atoms with Gasteiger partial charge in [0, 0.05) is 11.8 Å². The smallest absolute Gasteiger partial charge is 0.132 e. The van der Waals surface area contributed by atoms with Crippen LogP contribution in [-0.4, -0.2) is 17.0 Å². The van der Waals surface area contributed by atoms with E-state index in [0.717, 1.165) is 5.56 Å². The van der Waals surface area contributed by atoms with Gasteiger partial charge < -0.3 is 5.11 Å². The number of Topliss-reactive ketones (excluding diaryl/α,β-unsaturated/α-hetero) is 1. The molecule has 1 atom stereocenters. The highest BCUT2D eigenvalue weighted by Crippen LogP contribution is 2.28. The molecule has 15 heavy (non-hydrogen) atoms. The first-order valence-electron chi connectivity index (χ1n) is 5.17. The fourth-order valence-electron chi connectivity index (χ4n) is 1.59. The van der Waals surface area contributed by atoms with Crippen LogP contribution in [0.15, 0.2) is 30.3 Å². The van der Waals surface area contributed by atoms with Crippen LogP contribution in [-0.2, 0) is 10.2 Å². The Morgan fingerprint density at radius 2 is 1.87 bits per heavy atom. The minimum absolute atomic E-state index is 0.0199. The van der Waals surface area contributed by atoms with Crippen LogP contribution in [0.3, 0.4) is 0 Å². The molecule has 2 heteroatoms. The topological polar surface area (TPSA) is 37.3 Å². The zero-order chi connectivity index (χ0) is 11.5. The Morgan fingerprint density at radius 3 is 2.33 bits per heavy atom. The summed E-state index contributed by atoms with van der Waals surface area (Å²) in [5, 5.41) is 9.98. The van der Waals surface area contributed by atoms with Gasteiger partial charge in [-0.15, -0.1) is 0 Å². The van der Waals surface area contributed by atoms with Crippen molar-refractivity contribution >= 4 is 5.78 Å². The number of rotatable bonds is 4. The van der Waals surface area contributed by atoms with Crippen LogP contribution < -0.4 is 0 Å². The van der Waals surface area contributed by atoms with Crippen molar-refractivity contribution < 1.29 is 9.90 Å². The van der Waals surface area contributed by atoms with E-state index in [0.29, 0.717) is 0 Å². The van der Waals surface area contributed by atoms with Crippen LogP contribution in [0, 0.1) is 0 Å². The standard InChI is InChI=1S/C13H18O2/c1-10(14)9-12(15)13(2,3)11-7-5-4-6-8-11/h4-8,12,15H,9H2,1-3H3/t12-/m1/s1. The number of aliphatic hydroxyl groups is 1. The van der Waals surface area contributed by atoms with E-state index in [-0.39, 0.29) is 17.6 Å². The Morgan fingerprint density at radius 1 is 1.33 bits per heavy atom. The minimum atomic E-state index is -0.627. The molecule has 1 aromatic rings. The summed E-state index contributed by atoms with van der Waals surface area (Å²) in [7, 11) is 0. The van der Waals surface area contributed by atoms with Crippen molar-refractivity contribution in [3.63, 3.8) is 0 Å². The predicted molar refractivity (Wildman–Crippen MR) is 60.8 cm³/mol. The summed E-state index contributed by atoms with van der Waals surface area (Å²) in [6.07, 6.45) is -0.417. The van der Waals surface area contributed by atoms with Crippen LogP contribution in [0.25, 0.3) is 0 Å². The second-order valence-electron chi connectivity index (χ2n) is 4.51. The molecule has 0 saturated carbocycles. The lowest BCUT2D eigenvalue weighted by molar-refractivity contribution is -0.119. The second kappa shape index (κ2) is 4.58. The van der Waals surface area contributed by atoms with Gasteiger partial charge in [0.25, 0.3) is 0 Å². The zero-order valence-electron chi connectivity index (χ0n) is 9.53. The molecule has 1 aromatic carbocycles. The average Bonchev–Trinajstić information content (AvgIpc) is 2.18. The predicted octanol–water partition coefficient (Wildman–Crippen LogP) is 2.30. The number of carbonyl (C=O) groups is 1. The van der Waals surface area contributed by atoms with E-state index < -0.39 is 6.10 Å². The Kier molecular flexibility index (Phi) is 3.64. The highest BCUT2D eigenvalue weighted by molar-refractivity contribution is 5.76. The molecule has 0 aromatic heterocycles. The van der Waals surface area contributed by atoms with Gasteiger partial charge in [-0.3, -0.25) is 4.79 Å². The summed E-state index contributed by atoms with van der Waals surface area (Å²) >= 11 is 0. The van der Waals surface area contributed by atoms with Crippen molar-refractivity contribution in [2.75, 3.05) is 0 Å².